The van der Waals surface area contributed by atoms with E-state index in [4.69, 9.17) is 21.4 Å². The second-order valence-corrected chi connectivity index (χ2v) is 5.31. The second kappa shape index (κ2) is 10.2. The van der Waals surface area contributed by atoms with Crippen LogP contribution in [0.4, 0.5) is 9.18 Å². The number of benzene rings is 1. The highest BCUT2D eigenvalue weighted by molar-refractivity contribution is 6.30. The van der Waals surface area contributed by atoms with Gasteiger partial charge in [0.25, 0.3) is 0 Å². The molecule has 0 fully saturated rings. The van der Waals surface area contributed by atoms with E-state index in [0.717, 1.165) is 0 Å². The van der Waals surface area contributed by atoms with Gasteiger partial charge in [0, 0.05) is 5.02 Å². The highest BCUT2D eigenvalue weighted by atomic mass is 35.5. The van der Waals surface area contributed by atoms with Crippen LogP contribution in [-0.4, -0.2) is 48.1 Å². The molecule has 0 radical (unpaired) electrons. The van der Waals surface area contributed by atoms with Gasteiger partial charge in [-0.1, -0.05) is 23.7 Å². The van der Waals surface area contributed by atoms with Gasteiger partial charge < -0.3 is 20.5 Å². The quantitative estimate of drug-likeness (QED) is 0.594. The zero-order valence-electron chi connectivity index (χ0n) is 13.0. The first-order valence-electron chi connectivity index (χ1n) is 7.06. The highest BCUT2D eigenvalue weighted by Gasteiger charge is 2.23. The lowest BCUT2D eigenvalue weighted by Crippen LogP contribution is -2.47. The topological polar surface area (TPSA) is 122 Å². The predicted octanol–water partition coefficient (Wildman–Crippen LogP) is 1.06. The van der Waals surface area contributed by atoms with Crippen molar-refractivity contribution >= 4 is 35.4 Å². The molecule has 1 atom stereocenters. The third-order valence-corrected chi connectivity index (χ3v) is 3.16. The minimum absolute atomic E-state index is 0.0490. The Hall–Kier alpha value is -2.68. The van der Waals surface area contributed by atoms with Crippen LogP contribution in [0.1, 0.15) is 12.0 Å². The molecule has 136 valence electrons. The highest BCUT2D eigenvalue weighted by Crippen LogP contribution is 2.10. The Labute approximate surface area is 147 Å². The van der Waals surface area contributed by atoms with E-state index in [-0.39, 0.29) is 6.61 Å². The average Bonchev–Trinajstić information content (AvgIpc) is 2.57. The van der Waals surface area contributed by atoms with Crippen LogP contribution < -0.4 is 10.6 Å². The Kier molecular flexibility index (Phi) is 8.34. The fourth-order valence-electron chi connectivity index (χ4n) is 1.69. The van der Waals surface area contributed by atoms with Crippen LogP contribution in [0.2, 0.25) is 5.02 Å². The molecule has 0 spiro atoms. The number of alkyl carbamates (subject to hydrolysis) is 1. The third-order valence-electron chi connectivity index (χ3n) is 2.91. The lowest BCUT2D eigenvalue weighted by molar-refractivity contribution is -0.140. The van der Waals surface area contributed by atoms with Gasteiger partial charge in [0.2, 0.25) is 5.91 Å². The molecule has 25 heavy (non-hydrogen) atoms. The Bertz CT molecular complexity index is 637. The average molecular weight is 375 g/mol. The molecule has 8 nitrogen and oxygen atoms in total. The van der Waals surface area contributed by atoms with E-state index in [9.17, 15) is 23.6 Å². The molecule has 3 N–H and O–H groups in total. The van der Waals surface area contributed by atoms with Gasteiger partial charge in [0.05, 0.1) is 6.42 Å². The van der Waals surface area contributed by atoms with Crippen molar-refractivity contribution in [3.8, 4) is 0 Å². The third kappa shape index (κ3) is 8.11. The number of carbonyl (C=O) groups excluding carboxylic acids is 3. The first-order valence-corrected chi connectivity index (χ1v) is 7.44. The van der Waals surface area contributed by atoms with E-state index in [2.05, 4.69) is 5.32 Å². The Morgan fingerprint density at radius 2 is 1.84 bits per heavy atom. The van der Waals surface area contributed by atoms with Gasteiger partial charge in [-0.15, -0.1) is 0 Å². The maximum Gasteiger partial charge on any atom is 0.407 e. The van der Waals surface area contributed by atoms with Gasteiger partial charge in [0.1, 0.15) is 25.9 Å². The summed E-state index contributed by atoms with van der Waals surface area (Å²) in [6.45, 7) is -2.02. The molecule has 0 aliphatic heterocycles. The summed E-state index contributed by atoms with van der Waals surface area (Å²) >= 11 is 5.72. The van der Waals surface area contributed by atoms with Crippen LogP contribution in [0.25, 0.3) is 0 Å². The number of amides is 2. The van der Waals surface area contributed by atoms with E-state index < -0.39 is 49.4 Å². The zero-order chi connectivity index (χ0) is 18.8. The SMILES string of the molecule is O=C(O)CC(NC(=O)CNC(=O)OCc1ccc(Cl)cc1)C(=O)CF. The molecule has 0 aliphatic carbocycles. The number of hydrogen-bond acceptors (Lipinski definition) is 5. The summed E-state index contributed by atoms with van der Waals surface area (Å²) in [5.41, 5.74) is 0.680. The number of rotatable bonds is 9. The molecule has 1 aromatic carbocycles. The predicted molar refractivity (Wildman–Crippen MR) is 84.8 cm³/mol. The summed E-state index contributed by atoms with van der Waals surface area (Å²) in [6, 6.07) is 5.05. The monoisotopic (exact) mass is 374 g/mol. The van der Waals surface area contributed by atoms with Crippen LogP contribution in [0.5, 0.6) is 0 Å². The normalized spacial score (nSPS) is 11.3. The van der Waals surface area contributed by atoms with Crippen LogP contribution in [0, 0.1) is 0 Å². The van der Waals surface area contributed by atoms with Crippen molar-refractivity contribution in [1.82, 2.24) is 10.6 Å². The summed E-state index contributed by atoms with van der Waals surface area (Å²) in [7, 11) is 0. The zero-order valence-corrected chi connectivity index (χ0v) is 13.7. The van der Waals surface area contributed by atoms with Gasteiger partial charge in [-0.3, -0.25) is 14.4 Å². The van der Waals surface area contributed by atoms with Crippen molar-refractivity contribution < 1.29 is 33.4 Å². The van der Waals surface area contributed by atoms with E-state index in [1.807, 2.05) is 5.32 Å². The van der Waals surface area contributed by atoms with Crippen molar-refractivity contribution in [2.45, 2.75) is 19.1 Å². The largest absolute Gasteiger partial charge is 0.481 e. The molecule has 0 saturated carbocycles. The van der Waals surface area contributed by atoms with Crippen LogP contribution in [0.3, 0.4) is 0 Å². The summed E-state index contributed by atoms with van der Waals surface area (Å²) in [4.78, 5) is 44.9. The van der Waals surface area contributed by atoms with Crippen LogP contribution in [0.15, 0.2) is 24.3 Å². The van der Waals surface area contributed by atoms with Crippen molar-refractivity contribution in [1.29, 1.82) is 0 Å². The van der Waals surface area contributed by atoms with Crippen LogP contribution in [-0.2, 0) is 25.7 Å². The fourth-order valence-corrected chi connectivity index (χ4v) is 1.82. The number of ketones is 1. The van der Waals surface area contributed by atoms with Gasteiger partial charge in [-0.2, -0.15) is 0 Å². The van der Waals surface area contributed by atoms with Gasteiger partial charge >= 0.3 is 12.1 Å². The van der Waals surface area contributed by atoms with Crippen molar-refractivity contribution in [3.63, 3.8) is 0 Å². The molecule has 0 bridgehead atoms. The first kappa shape index (κ1) is 20.4. The van der Waals surface area contributed by atoms with E-state index in [1.54, 1.807) is 24.3 Å². The van der Waals surface area contributed by atoms with E-state index in [0.29, 0.717) is 10.6 Å². The number of carboxylic acid groups (broad SMARTS) is 1. The number of halogens is 2. The molecule has 0 saturated heterocycles. The number of ether oxygens (including phenoxy) is 1. The summed E-state index contributed by atoms with van der Waals surface area (Å²) in [5, 5.41) is 13.3. The van der Waals surface area contributed by atoms with Crippen LogP contribution >= 0.6 is 11.6 Å². The minimum Gasteiger partial charge on any atom is -0.481 e. The number of alkyl halides is 1. The van der Waals surface area contributed by atoms with Gasteiger partial charge in [-0.05, 0) is 17.7 Å². The van der Waals surface area contributed by atoms with E-state index >= 15 is 0 Å². The standard InChI is InChI=1S/C15H16ClFN2O6/c16-10-3-1-9(2-4-10)8-25-15(24)18-7-13(21)19-11(5-14(22)23)12(20)6-17/h1-4,11H,5-8H2,(H,18,24)(H,19,21)(H,22,23). The van der Waals surface area contributed by atoms with Gasteiger partial charge in [-0.25, -0.2) is 9.18 Å². The molecule has 2 amide bonds. The first-order chi connectivity index (χ1) is 11.8. The number of aliphatic carboxylic acids is 1. The Balaban J connectivity index is 2.38. The number of Topliss-reactive ketones (excluding diaryl/α,β-unsaturated/α-hetero) is 1. The summed E-state index contributed by atoms with van der Waals surface area (Å²) in [6.07, 6.45) is -1.65. The second-order valence-electron chi connectivity index (χ2n) is 4.87. The number of carboxylic acids is 1. The Morgan fingerprint density at radius 3 is 2.40 bits per heavy atom. The minimum atomic E-state index is -1.50. The van der Waals surface area contributed by atoms with E-state index in [1.165, 1.54) is 0 Å². The molecule has 0 aromatic heterocycles. The molecule has 0 aliphatic rings. The molecule has 0 heterocycles. The summed E-state index contributed by atoms with van der Waals surface area (Å²) < 4.78 is 17.2. The maximum absolute atomic E-state index is 12.3. The lowest BCUT2D eigenvalue weighted by Gasteiger charge is -2.14. The van der Waals surface area contributed by atoms with Gasteiger partial charge in [0.15, 0.2) is 5.78 Å². The maximum atomic E-state index is 12.3. The smallest absolute Gasteiger partial charge is 0.407 e. The molecule has 10 heteroatoms. The Morgan fingerprint density at radius 1 is 1.20 bits per heavy atom. The van der Waals surface area contributed by atoms with Crippen molar-refractivity contribution in [2.75, 3.05) is 13.2 Å². The number of hydrogen-bond donors (Lipinski definition) is 3. The molecular formula is C15H16ClFN2O6. The fraction of sp³-hybridized carbons (Fsp3) is 0.333. The number of nitrogens with one attached hydrogen (secondary N) is 2. The van der Waals surface area contributed by atoms with Crippen molar-refractivity contribution in [2.24, 2.45) is 0 Å². The van der Waals surface area contributed by atoms with Crippen molar-refractivity contribution in [3.05, 3.63) is 34.9 Å². The molecular weight excluding hydrogens is 359 g/mol. The molecule has 1 unspecified atom stereocenters. The summed E-state index contributed by atoms with van der Waals surface area (Å²) in [5.74, 6) is -3.29. The molecule has 1 rings (SSSR count). The molecule has 1 aromatic rings. The lowest BCUT2D eigenvalue weighted by atomic mass is 10.1. The number of carbonyl (C=O) groups is 4.